The second-order valence-electron chi connectivity index (χ2n) is 3.63. The molecular formula is C9H14. The minimum atomic E-state index is 0.694. The van der Waals surface area contributed by atoms with E-state index in [1.54, 1.807) is 0 Å². The maximum atomic E-state index is 2.44. The van der Waals surface area contributed by atoms with E-state index in [4.69, 9.17) is 0 Å². The number of hydrogen-bond acceptors (Lipinski definition) is 0. The smallest absolute Gasteiger partial charge is 0.00582 e. The van der Waals surface area contributed by atoms with Crippen LogP contribution in [0.2, 0.25) is 0 Å². The summed E-state index contributed by atoms with van der Waals surface area (Å²) in [7, 11) is 0. The van der Waals surface area contributed by atoms with E-state index in [-0.39, 0.29) is 0 Å². The van der Waals surface area contributed by atoms with Crippen LogP contribution in [0, 0.1) is 11.3 Å². The van der Waals surface area contributed by atoms with Gasteiger partial charge in [-0.1, -0.05) is 25.5 Å². The van der Waals surface area contributed by atoms with Crippen LogP contribution in [-0.2, 0) is 0 Å². The van der Waals surface area contributed by atoms with Crippen molar-refractivity contribution in [3.8, 4) is 0 Å². The summed E-state index contributed by atoms with van der Waals surface area (Å²) in [5.74, 6) is 0.975. The lowest BCUT2D eigenvalue weighted by atomic mass is 9.69. The Bertz CT molecular complexity index is 146. The molecule has 2 rings (SSSR count). The zero-order chi connectivity index (χ0) is 6.32. The number of rotatable bonds is 0. The second-order valence-corrected chi connectivity index (χ2v) is 3.63. The molecule has 9 heavy (non-hydrogen) atoms. The SMILES string of the molecule is CC1CCCC12C=CC2. The van der Waals surface area contributed by atoms with Gasteiger partial charge in [-0.25, -0.2) is 0 Å². The van der Waals surface area contributed by atoms with Crippen molar-refractivity contribution >= 4 is 0 Å². The lowest BCUT2D eigenvalue weighted by Crippen LogP contribution is -2.25. The van der Waals surface area contributed by atoms with Gasteiger partial charge in [-0.15, -0.1) is 0 Å². The number of hydrogen-bond donors (Lipinski definition) is 0. The first kappa shape index (κ1) is 5.52. The Balaban J connectivity index is 2.19. The molecule has 0 aromatic heterocycles. The molecule has 2 aliphatic carbocycles. The summed E-state index contributed by atoms with van der Waals surface area (Å²) in [6.07, 6.45) is 10.5. The molecule has 2 atom stereocenters. The van der Waals surface area contributed by atoms with E-state index in [1.165, 1.54) is 25.7 Å². The summed E-state index contributed by atoms with van der Waals surface area (Å²) in [6, 6.07) is 0. The Morgan fingerprint density at radius 3 is 2.56 bits per heavy atom. The molecule has 0 saturated heterocycles. The fourth-order valence-electron chi connectivity index (χ4n) is 2.24. The molecule has 0 N–H and O–H groups in total. The third-order valence-corrected chi connectivity index (χ3v) is 3.21. The topological polar surface area (TPSA) is 0 Å². The van der Waals surface area contributed by atoms with E-state index in [2.05, 4.69) is 19.1 Å². The summed E-state index contributed by atoms with van der Waals surface area (Å²) in [6.45, 7) is 2.40. The minimum absolute atomic E-state index is 0.694. The first-order valence-electron chi connectivity index (χ1n) is 4.01. The van der Waals surface area contributed by atoms with E-state index in [9.17, 15) is 0 Å². The molecule has 0 radical (unpaired) electrons. The molecule has 0 heteroatoms. The van der Waals surface area contributed by atoms with Gasteiger partial charge in [0.15, 0.2) is 0 Å². The van der Waals surface area contributed by atoms with Gasteiger partial charge in [0.2, 0.25) is 0 Å². The monoisotopic (exact) mass is 122 g/mol. The van der Waals surface area contributed by atoms with Crippen molar-refractivity contribution < 1.29 is 0 Å². The quantitative estimate of drug-likeness (QED) is 0.433. The van der Waals surface area contributed by atoms with Crippen molar-refractivity contribution in [1.29, 1.82) is 0 Å². The molecule has 50 valence electrons. The zero-order valence-electron chi connectivity index (χ0n) is 6.06. The average molecular weight is 122 g/mol. The van der Waals surface area contributed by atoms with Crippen LogP contribution in [0.1, 0.15) is 32.6 Å². The van der Waals surface area contributed by atoms with Crippen LogP contribution in [0.4, 0.5) is 0 Å². The molecule has 0 bridgehead atoms. The van der Waals surface area contributed by atoms with Gasteiger partial charge in [0.25, 0.3) is 0 Å². The second kappa shape index (κ2) is 1.62. The van der Waals surface area contributed by atoms with E-state index < -0.39 is 0 Å². The van der Waals surface area contributed by atoms with Crippen molar-refractivity contribution in [3.63, 3.8) is 0 Å². The molecule has 0 aliphatic heterocycles. The Morgan fingerprint density at radius 1 is 1.56 bits per heavy atom. The normalized spacial score (nSPS) is 47.9. The minimum Gasteiger partial charge on any atom is -0.0871 e. The number of allylic oxidation sites excluding steroid dienone is 2. The molecule has 0 heterocycles. The largest absolute Gasteiger partial charge is 0.0871 e. The Morgan fingerprint density at radius 2 is 2.33 bits per heavy atom. The summed E-state index contributed by atoms with van der Waals surface area (Å²) < 4.78 is 0. The van der Waals surface area contributed by atoms with Crippen LogP contribution in [-0.4, -0.2) is 0 Å². The van der Waals surface area contributed by atoms with Gasteiger partial charge < -0.3 is 0 Å². The zero-order valence-corrected chi connectivity index (χ0v) is 6.06. The first-order chi connectivity index (χ1) is 4.33. The fourth-order valence-corrected chi connectivity index (χ4v) is 2.24. The first-order valence-corrected chi connectivity index (χ1v) is 4.01. The van der Waals surface area contributed by atoms with E-state index in [1.807, 2.05) is 0 Å². The predicted octanol–water partition coefficient (Wildman–Crippen LogP) is 2.75. The van der Waals surface area contributed by atoms with Crippen molar-refractivity contribution in [2.24, 2.45) is 11.3 Å². The molecule has 1 saturated carbocycles. The maximum absolute atomic E-state index is 2.44. The van der Waals surface area contributed by atoms with Crippen LogP contribution < -0.4 is 0 Å². The van der Waals surface area contributed by atoms with Gasteiger partial charge in [0, 0.05) is 0 Å². The molecule has 1 fully saturated rings. The van der Waals surface area contributed by atoms with E-state index >= 15 is 0 Å². The van der Waals surface area contributed by atoms with Crippen LogP contribution >= 0.6 is 0 Å². The fraction of sp³-hybridized carbons (Fsp3) is 0.778. The van der Waals surface area contributed by atoms with Gasteiger partial charge >= 0.3 is 0 Å². The molecule has 2 unspecified atom stereocenters. The maximum Gasteiger partial charge on any atom is -0.00582 e. The van der Waals surface area contributed by atoms with Crippen LogP contribution in [0.25, 0.3) is 0 Å². The van der Waals surface area contributed by atoms with Crippen LogP contribution in [0.15, 0.2) is 12.2 Å². The average Bonchev–Trinajstić information content (AvgIpc) is 2.07. The van der Waals surface area contributed by atoms with Crippen LogP contribution in [0.5, 0.6) is 0 Å². The summed E-state index contributed by atoms with van der Waals surface area (Å²) in [5, 5.41) is 0. The Labute approximate surface area is 57.0 Å². The summed E-state index contributed by atoms with van der Waals surface area (Å²) in [4.78, 5) is 0. The molecular weight excluding hydrogens is 108 g/mol. The van der Waals surface area contributed by atoms with Gasteiger partial charge in [0.05, 0.1) is 0 Å². The molecule has 0 nitrogen and oxygen atoms in total. The van der Waals surface area contributed by atoms with Crippen molar-refractivity contribution in [2.45, 2.75) is 32.6 Å². The highest BCUT2D eigenvalue weighted by Gasteiger charge is 2.40. The Kier molecular flexibility index (Phi) is 0.992. The molecule has 0 aromatic carbocycles. The van der Waals surface area contributed by atoms with E-state index in [0.717, 1.165) is 5.92 Å². The van der Waals surface area contributed by atoms with Crippen molar-refractivity contribution in [3.05, 3.63) is 12.2 Å². The lowest BCUT2D eigenvalue weighted by molar-refractivity contribution is 0.269. The highest BCUT2D eigenvalue weighted by Crippen LogP contribution is 2.51. The van der Waals surface area contributed by atoms with Crippen molar-refractivity contribution in [1.82, 2.24) is 0 Å². The molecule has 0 aromatic rings. The third-order valence-electron chi connectivity index (χ3n) is 3.21. The van der Waals surface area contributed by atoms with Crippen LogP contribution in [0.3, 0.4) is 0 Å². The van der Waals surface area contributed by atoms with Crippen molar-refractivity contribution in [2.75, 3.05) is 0 Å². The third kappa shape index (κ3) is 0.593. The van der Waals surface area contributed by atoms with Gasteiger partial charge in [-0.3, -0.25) is 0 Å². The Hall–Kier alpha value is -0.260. The standard InChI is InChI=1S/C9H14/c1-8-4-2-5-9(8)6-3-7-9/h3,6,8H,2,4-5,7H2,1H3. The highest BCUT2D eigenvalue weighted by atomic mass is 14.4. The predicted molar refractivity (Wildman–Crippen MR) is 39.2 cm³/mol. The summed E-state index contributed by atoms with van der Waals surface area (Å²) in [5.41, 5.74) is 0.694. The van der Waals surface area contributed by atoms with E-state index in [0.29, 0.717) is 5.41 Å². The van der Waals surface area contributed by atoms with Gasteiger partial charge in [-0.05, 0) is 30.6 Å². The molecule has 2 aliphatic rings. The lowest BCUT2D eigenvalue weighted by Gasteiger charge is -2.35. The highest BCUT2D eigenvalue weighted by molar-refractivity contribution is 5.16. The van der Waals surface area contributed by atoms with Gasteiger partial charge in [0.1, 0.15) is 0 Å². The van der Waals surface area contributed by atoms with Gasteiger partial charge in [-0.2, -0.15) is 0 Å². The summed E-state index contributed by atoms with van der Waals surface area (Å²) >= 11 is 0. The molecule has 1 spiro atoms. The molecule has 0 amide bonds.